The molecule has 2 nitrogen and oxygen atoms in total. The van der Waals surface area contributed by atoms with Crippen LogP contribution in [0.5, 0.6) is 0 Å². The third-order valence-electron chi connectivity index (χ3n) is 1.60. The van der Waals surface area contributed by atoms with Gasteiger partial charge in [-0.05, 0) is 31.6 Å². The fraction of sp³-hybridized carbons (Fsp3) is 0.429. The zero-order valence-electron chi connectivity index (χ0n) is 5.35. The fourth-order valence-corrected chi connectivity index (χ4v) is 1.09. The van der Waals surface area contributed by atoms with Crippen LogP contribution in [0.4, 0.5) is 0 Å². The summed E-state index contributed by atoms with van der Waals surface area (Å²) in [4.78, 5) is 3.82. The number of hydrogen-bond acceptors (Lipinski definition) is 2. The topological polar surface area (TPSA) is 36.2 Å². The van der Waals surface area contributed by atoms with Crippen LogP contribution >= 0.6 is 0 Å². The first-order valence-electron chi connectivity index (χ1n) is 3.07. The van der Waals surface area contributed by atoms with E-state index in [2.05, 4.69) is 11.7 Å². The van der Waals surface area contributed by atoms with E-state index in [0.717, 1.165) is 30.5 Å². The predicted molar refractivity (Wildman–Crippen MR) is 39.2 cm³/mol. The van der Waals surface area contributed by atoms with Crippen molar-refractivity contribution in [3.63, 3.8) is 0 Å². The minimum Gasteiger partial charge on any atom is -0.308 e. The number of rotatable bonds is 2. The van der Waals surface area contributed by atoms with Gasteiger partial charge in [-0.2, -0.15) is 0 Å². The number of allylic oxidation sites excluding steroid dienone is 2. The summed E-state index contributed by atoms with van der Waals surface area (Å²) in [5.41, 5.74) is 2.08. The van der Waals surface area contributed by atoms with E-state index in [1.165, 1.54) is 6.21 Å². The SMILES string of the molecule is C=NC1=C(C=N)CCC1. The van der Waals surface area contributed by atoms with E-state index >= 15 is 0 Å². The van der Waals surface area contributed by atoms with Crippen molar-refractivity contribution in [3.8, 4) is 0 Å². The molecule has 0 amide bonds. The third-order valence-corrected chi connectivity index (χ3v) is 1.60. The second-order valence-corrected chi connectivity index (χ2v) is 2.13. The molecule has 0 heterocycles. The summed E-state index contributed by atoms with van der Waals surface area (Å²) in [6.07, 6.45) is 4.54. The minimum absolute atomic E-state index is 1.01. The molecule has 0 aromatic heterocycles. The summed E-state index contributed by atoms with van der Waals surface area (Å²) < 4.78 is 0. The number of nitrogens with zero attached hydrogens (tertiary/aromatic N) is 1. The molecule has 0 saturated heterocycles. The zero-order chi connectivity index (χ0) is 6.69. The van der Waals surface area contributed by atoms with E-state index in [1.54, 1.807) is 0 Å². The number of aliphatic imine (C=N–C) groups is 1. The summed E-state index contributed by atoms with van der Waals surface area (Å²) >= 11 is 0. The van der Waals surface area contributed by atoms with E-state index < -0.39 is 0 Å². The van der Waals surface area contributed by atoms with Crippen LogP contribution in [0.15, 0.2) is 16.3 Å². The molecule has 0 aromatic rings. The van der Waals surface area contributed by atoms with Crippen molar-refractivity contribution in [2.75, 3.05) is 0 Å². The lowest BCUT2D eigenvalue weighted by Crippen LogP contribution is -1.79. The molecule has 0 saturated carbocycles. The molecule has 2 heteroatoms. The van der Waals surface area contributed by atoms with Gasteiger partial charge in [0, 0.05) is 11.9 Å². The Labute approximate surface area is 54.8 Å². The summed E-state index contributed by atoms with van der Waals surface area (Å²) in [6.45, 7) is 3.43. The molecular formula is C7H10N2. The number of nitrogens with one attached hydrogen (secondary N) is 1. The van der Waals surface area contributed by atoms with Crippen molar-refractivity contribution in [1.82, 2.24) is 0 Å². The van der Waals surface area contributed by atoms with Crippen molar-refractivity contribution < 1.29 is 0 Å². The Morgan fingerprint density at radius 1 is 1.56 bits per heavy atom. The predicted octanol–water partition coefficient (Wildman–Crippen LogP) is 1.77. The Morgan fingerprint density at radius 3 is 2.78 bits per heavy atom. The summed E-state index contributed by atoms with van der Waals surface area (Å²) in [7, 11) is 0. The van der Waals surface area contributed by atoms with Crippen LogP contribution in [0, 0.1) is 5.41 Å². The van der Waals surface area contributed by atoms with Gasteiger partial charge in [-0.25, -0.2) is 0 Å². The van der Waals surface area contributed by atoms with Crippen molar-refractivity contribution in [3.05, 3.63) is 11.3 Å². The molecular weight excluding hydrogens is 112 g/mol. The summed E-state index contributed by atoms with van der Waals surface area (Å²) in [5.74, 6) is 0. The first kappa shape index (κ1) is 6.20. The molecule has 1 N–H and O–H groups in total. The van der Waals surface area contributed by atoms with Crippen LogP contribution in [0.25, 0.3) is 0 Å². The van der Waals surface area contributed by atoms with E-state index in [9.17, 15) is 0 Å². The molecule has 0 spiro atoms. The average molecular weight is 122 g/mol. The van der Waals surface area contributed by atoms with Crippen LogP contribution in [-0.2, 0) is 0 Å². The molecule has 1 rings (SSSR count). The highest BCUT2D eigenvalue weighted by Gasteiger charge is 2.09. The van der Waals surface area contributed by atoms with Crippen molar-refractivity contribution in [1.29, 1.82) is 5.41 Å². The van der Waals surface area contributed by atoms with Crippen LogP contribution in [-0.4, -0.2) is 12.9 Å². The van der Waals surface area contributed by atoms with Gasteiger partial charge in [0.15, 0.2) is 0 Å². The van der Waals surface area contributed by atoms with Gasteiger partial charge in [-0.15, -0.1) is 0 Å². The zero-order valence-corrected chi connectivity index (χ0v) is 5.35. The standard InChI is InChI=1S/C7H10N2/c1-9-7-4-2-3-6(7)5-8/h5,8H,1-4H2. The van der Waals surface area contributed by atoms with Gasteiger partial charge in [0.1, 0.15) is 0 Å². The normalized spacial score (nSPS) is 18.2. The molecule has 0 radical (unpaired) electrons. The Balaban J connectivity index is 2.81. The molecule has 9 heavy (non-hydrogen) atoms. The molecule has 0 bridgehead atoms. The molecule has 0 fully saturated rings. The Bertz CT molecular complexity index is 150. The van der Waals surface area contributed by atoms with Crippen LogP contribution in [0.1, 0.15) is 19.3 Å². The van der Waals surface area contributed by atoms with Crippen LogP contribution < -0.4 is 0 Å². The van der Waals surface area contributed by atoms with Gasteiger partial charge < -0.3 is 5.41 Å². The van der Waals surface area contributed by atoms with Gasteiger partial charge in [0.05, 0.1) is 0 Å². The second kappa shape index (κ2) is 2.58. The summed E-state index contributed by atoms with van der Waals surface area (Å²) in [5, 5.41) is 6.96. The van der Waals surface area contributed by atoms with Crippen molar-refractivity contribution >= 4 is 12.9 Å². The molecule has 1 aliphatic carbocycles. The van der Waals surface area contributed by atoms with Crippen molar-refractivity contribution in [2.24, 2.45) is 4.99 Å². The maximum atomic E-state index is 6.96. The minimum atomic E-state index is 1.01. The van der Waals surface area contributed by atoms with E-state index in [1.807, 2.05) is 0 Å². The molecule has 0 unspecified atom stereocenters. The largest absolute Gasteiger partial charge is 0.308 e. The van der Waals surface area contributed by atoms with E-state index in [0.29, 0.717) is 0 Å². The highest BCUT2D eigenvalue weighted by molar-refractivity contribution is 5.77. The first-order chi connectivity index (χ1) is 4.38. The number of hydrogen-bond donors (Lipinski definition) is 1. The maximum absolute atomic E-state index is 6.96. The smallest absolute Gasteiger partial charge is 0.0443 e. The lowest BCUT2D eigenvalue weighted by atomic mass is 10.2. The second-order valence-electron chi connectivity index (χ2n) is 2.13. The van der Waals surface area contributed by atoms with Crippen LogP contribution in [0.2, 0.25) is 0 Å². The van der Waals surface area contributed by atoms with Crippen molar-refractivity contribution in [2.45, 2.75) is 19.3 Å². The van der Waals surface area contributed by atoms with E-state index in [-0.39, 0.29) is 0 Å². The molecule has 48 valence electrons. The molecule has 0 aromatic carbocycles. The van der Waals surface area contributed by atoms with E-state index in [4.69, 9.17) is 5.41 Å². The van der Waals surface area contributed by atoms with Gasteiger partial charge >= 0.3 is 0 Å². The summed E-state index contributed by atoms with van der Waals surface area (Å²) in [6, 6.07) is 0. The quantitative estimate of drug-likeness (QED) is 0.542. The third kappa shape index (κ3) is 1.07. The van der Waals surface area contributed by atoms with Gasteiger partial charge in [-0.3, -0.25) is 4.99 Å². The Kier molecular flexibility index (Phi) is 1.78. The highest BCUT2D eigenvalue weighted by atomic mass is 14.7. The van der Waals surface area contributed by atoms with Gasteiger partial charge in [-0.1, -0.05) is 0 Å². The lowest BCUT2D eigenvalue weighted by molar-refractivity contribution is 0.897. The molecule has 0 aliphatic heterocycles. The Morgan fingerprint density at radius 2 is 2.33 bits per heavy atom. The molecule has 0 atom stereocenters. The lowest BCUT2D eigenvalue weighted by Gasteiger charge is -1.90. The van der Waals surface area contributed by atoms with Crippen LogP contribution in [0.3, 0.4) is 0 Å². The van der Waals surface area contributed by atoms with Gasteiger partial charge in [0.25, 0.3) is 0 Å². The Hall–Kier alpha value is -0.920. The fourth-order valence-electron chi connectivity index (χ4n) is 1.09. The maximum Gasteiger partial charge on any atom is 0.0443 e. The molecule has 1 aliphatic rings. The van der Waals surface area contributed by atoms with Gasteiger partial charge in [0.2, 0.25) is 0 Å². The highest BCUT2D eigenvalue weighted by Crippen LogP contribution is 2.24. The first-order valence-corrected chi connectivity index (χ1v) is 3.07. The average Bonchev–Trinajstić information content (AvgIpc) is 2.33. The monoisotopic (exact) mass is 122 g/mol.